The number of benzene rings is 2. The number of hydrogen-bond acceptors (Lipinski definition) is 3. The van der Waals surface area contributed by atoms with Gasteiger partial charge in [0.05, 0.1) is 0 Å². The minimum absolute atomic E-state index is 0.216. The van der Waals surface area contributed by atoms with E-state index in [1.165, 1.54) is 11.3 Å². The molecule has 2 aromatic rings. The van der Waals surface area contributed by atoms with Crippen LogP contribution in [-0.4, -0.2) is 63.1 Å². The van der Waals surface area contributed by atoms with Crippen molar-refractivity contribution < 1.29 is 4.79 Å². The fourth-order valence-corrected chi connectivity index (χ4v) is 4.32. The van der Waals surface area contributed by atoms with Gasteiger partial charge < -0.3 is 20.0 Å². The van der Waals surface area contributed by atoms with Crippen LogP contribution in [0, 0.1) is 0 Å². The van der Waals surface area contributed by atoms with E-state index in [1.54, 1.807) is 0 Å². The fourth-order valence-electron chi connectivity index (χ4n) is 4.32. The van der Waals surface area contributed by atoms with Crippen LogP contribution in [0.5, 0.6) is 0 Å². The summed E-state index contributed by atoms with van der Waals surface area (Å²) in [5.74, 6) is 1.15. The molecule has 6 nitrogen and oxygen atoms in total. The highest BCUT2D eigenvalue weighted by atomic mass is 16.2. The van der Waals surface area contributed by atoms with E-state index in [-0.39, 0.29) is 5.91 Å². The lowest BCUT2D eigenvalue weighted by Crippen LogP contribution is -2.52. The van der Waals surface area contributed by atoms with Gasteiger partial charge in [-0.25, -0.2) is 0 Å². The zero-order valence-electron chi connectivity index (χ0n) is 17.8. The minimum Gasteiger partial charge on any atom is -0.368 e. The van der Waals surface area contributed by atoms with Crippen LogP contribution in [0.1, 0.15) is 18.4 Å². The molecule has 1 N–H and O–H groups in total. The summed E-state index contributed by atoms with van der Waals surface area (Å²) in [6, 6.07) is 18.8. The van der Waals surface area contributed by atoms with E-state index in [2.05, 4.69) is 62.6 Å². The molecule has 0 radical (unpaired) electrons. The molecule has 0 unspecified atom stereocenters. The van der Waals surface area contributed by atoms with E-state index in [1.807, 2.05) is 24.1 Å². The molecule has 0 aromatic heterocycles. The van der Waals surface area contributed by atoms with Crippen molar-refractivity contribution in [3.05, 3.63) is 60.2 Å². The van der Waals surface area contributed by atoms with Gasteiger partial charge in [0, 0.05) is 64.1 Å². The lowest BCUT2D eigenvalue weighted by atomic mass is 10.2. The molecule has 30 heavy (non-hydrogen) atoms. The quantitative estimate of drug-likeness (QED) is 0.472. The zero-order valence-corrected chi connectivity index (χ0v) is 17.8. The van der Waals surface area contributed by atoms with Crippen LogP contribution < -0.4 is 15.1 Å². The average molecular weight is 406 g/mol. The molecular formula is C24H31N5O. The number of carbonyl (C=O) groups is 1. The Kier molecular flexibility index (Phi) is 6.52. The summed E-state index contributed by atoms with van der Waals surface area (Å²) in [6.07, 6.45) is 2.32. The van der Waals surface area contributed by atoms with Crippen molar-refractivity contribution in [3.8, 4) is 0 Å². The van der Waals surface area contributed by atoms with E-state index in [4.69, 9.17) is 0 Å². The Morgan fingerprint density at radius 1 is 0.967 bits per heavy atom. The Labute approximate surface area is 179 Å². The molecule has 158 valence electrons. The number of fused-ring (bicyclic) bond motifs is 1. The number of para-hydroxylation sites is 2. The van der Waals surface area contributed by atoms with Crippen LogP contribution in [0.25, 0.3) is 0 Å². The average Bonchev–Trinajstić information content (AvgIpc) is 3.24. The third-order valence-corrected chi connectivity index (χ3v) is 5.95. The summed E-state index contributed by atoms with van der Waals surface area (Å²) in [6.45, 7) is 5.41. The van der Waals surface area contributed by atoms with Gasteiger partial charge >= 0.3 is 0 Å². The summed E-state index contributed by atoms with van der Waals surface area (Å²) in [5, 5.41) is 3.45. The second-order valence-corrected chi connectivity index (χ2v) is 7.81. The molecule has 0 atom stereocenters. The fraction of sp³-hybridized carbons (Fsp3) is 0.417. The largest absolute Gasteiger partial charge is 0.368 e. The van der Waals surface area contributed by atoms with Crippen LogP contribution in [0.4, 0.5) is 11.4 Å². The van der Waals surface area contributed by atoms with Crippen LogP contribution >= 0.6 is 0 Å². The highest BCUT2D eigenvalue weighted by Gasteiger charge is 2.24. The zero-order chi connectivity index (χ0) is 20.8. The Morgan fingerprint density at radius 3 is 2.47 bits per heavy atom. The number of hydrogen-bond donors (Lipinski definition) is 1. The van der Waals surface area contributed by atoms with Gasteiger partial charge in [0.2, 0.25) is 5.91 Å². The van der Waals surface area contributed by atoms with E-state index in [9.17, 15) is 4.79 Å². The Bertz CT molecular complexity index is 874. The van der Waals surface area contributed by atoms with Crippen LogP contribution in [0.2, 0.25) is 0 Å². The molecule has 2 aliphatic rings. The lowest BCUT2D eigenvalue weighted by molar-refractivity contribution is -0.118. The first-order valence-corrected chi connectivity index (χ1v) is 10.9. The van der Waals surface area contributed by atoms with Crippen molar-refractivity contribution in [1.82, 2.24) is 10.2 Å². The molecular weight excluding hydrogens is 374 g/mol. The third kappa shape index (κ3) is 4.58. The maximum absolute atomic E-state index is 12.6. The summed E-state index contributed by atoms with van der Waals surface area (Å²) in [7, 11) is 1.83. The van der Waals surface area contributed by atoms with Crippen LogP contribution in [0.15, 0.2) is 59.6 Å². The van der Waals surface area contributed by atoms with Crippen molar-refractivity contribution in [2.24, 2.45) is 4.99 Å². The molecule has 1 saturated heterocycles. The summed E-state index contributed by atoms with van der Waals surface area (Å²) in [5.41, 5.74) is 3.64. The van der Waals surface area contributed by atoms with Gasteiger partial charge in [0.25, 0.3) is 0 Å². The lowest BCUT2D eigenvalue weighted by Gasteiger charge is -2.37. The second-order valence-electron chi connectivity index (χ2n) is 7.81. The van der Waals surface area contributed by atoms with Gasteiger partial charge in [0.1, 0.15) is 0 Å². The van der Waals surface area contributed by atoms with Crippen molar-refractivity contribution in [1.29, 1.82) is 0 Å². The molecule has 2 aliphatic heterocycles. The van der Waals surface area contributed by atoms with Gasteiger partial charge in [-0.05, 0) is 36.6 Å². The van der Waals surface area contributed by atoms with Gasteiger partial charge in [-0.1, -0.05) is 36.4 Å². The van der Waals surface area contributed by atoms with Crippen LogP contribution in [-0.2, 0) is 11.2 Å². The van der Waals surface area contributed by atoms with Crippen molar-refractivity contribution in [3.63, 3.8) is 0 Å². The van der Waals surface area contributed by atoms with E-state index in [0.717, 1.165) is 63.8 Å². The SMILES string of the molecule is CN=C(NCCCC(=O)N1CCc2ccccc21)N1CCN(c2ccccc2)CC1. The number of carbonyl (C=O) groups excluding carboxylic acids is 1. The Morgan fingerprint density at radius 2 is 1.70 bits per heavy atom. The van der Waals surface area contributed by atoms with Crippen molar-refractivity contribution in [2.75, 3.05) is 56.1 Å². The van der Waals surface area contributed by atoms with Gasteiger partial charge in [-0.15, -0.1) is 0 Å². The van der Waals surface area contributed by atoms with Gasteiger partial charge in [0.15, 0.2) is 5.96 Å². The molecule has 6 heteroatoms. The first-order valence-electron chi connectivity index (χ1n) is 10.9. The normalized spacial score (nSPS) is 16.6. The van der Waals surface area contributed by atoms with E-state index >= 15 is 0 Å². The van der Waals surface area contributed by atoms with Gasteiger partial charge in [-0.3, -0.25) is 9.79 Å². The van der Waals surface area contributed by atoms with Crippen molar-refractivity contribution in [2.45, 2.75) is 19.3 Å². The molecule has 0 spiro atoms. The highest BCUT2D eigenvalue weighted by molar-refractivity contribution is 5.95. The second kappa shape index (κ2) is 9.65. The maximum atomic E-state index is 12.6. The number of amides is 1. The number of rotatable bonds is 5. The topological polar surface area (TPSA) is 51.2 Å². The minimum atomic E-state index is 0.216. The predicted molar refractivity (Wildman–Crippen MR) is 123 cm³/mol. The van der Waals surface area contributed by atoms with Crippen molar-refractivity contribution >= 4 is 23.2 Å². The molecule has 0 saturated carbocycles. The molecule has 2 heterocycles. The number of aliphatic imine (C=N–C) groups is 1. The van der Waals surface area contributed by atoms with E-state index < -0.39 is 0 Å². The summed E-state index contributed by atoms with van der Waals surface area (Å²) >= 11 is 0. The Balaban J connectivity index is 1.20. The number of anilines is 2. The number of piperazine rings is 1. The van der Waals surface area contributed by atoms with Crippen LogP contribution in [0.3, 0.4) is 0 Å². The summed E-state index contributed by atoms with van der Waals surface area (Å²) < 4.78 is 0. The maximum Gasteiger partial charge on any atom is 0.227 e. The first kappa shape index (κ1) is 20.3. The highest BCUT2D eigenvalue weighted by Crippen LogP contribution is 2.28. The summed E-state index contributed by atoms with van der Waals surface area (Å²) in [4.78, 5) is 23.8. The predicted octanol–water partition coefficient (Wildman–Crippen LogP) is 2.75. The number of nitrogens with zero attached hydrogens (tertiary/aromatic N) is 4. The monoisotopic (exact) mass is 405 g/mol. The molecule has 4 rings (SSSR count). The third-order valence-electron chi connectivity index (χ3n) is 5.95. The van der Waals surface area contributed by atoms with E-state index in [0.29, 0.717) is 6.42 Å². The number of guanidine groups is 1. The molecule has 0 bridgehead atoms. The smallest absolute Gasteiger partial charge is 0.227 e. The Hall–Kier alpha value is -3.02. The molecule has 2 aromatic carbocycles. The first-order chi connectivity index (χ1) is 14.8. The number of nitrogens with one attached hydrogen (secondary N) is 1. The molecule has 1 amide bonds. The van der Waals surface area contributed by atoms with Gasteiger partial charge in [-0.2, -0.15) is 0 Å². The standard InChI is InChI=1S/C24H31N5O/c1-25-24(28-18-16-27(17-19-28)21-9-3-2-4-10-21)26-14-7-12-23(30)29-15-13-20-8-5-6-11-22(20)29/h2-6,8-11H,7,12-19H2,1H3,(H,25,26). The molecule has 1 fully saturated rings. The molecule has 0 aliphatic carbocycles.